The van der Waals surface area contributed by atoms with Gasteiger partial charge in [-0.15, -0.1) is 0 Å². The van der Waals surface area contributed by atoms with Crippen molar-refractivity contribution in [1.29, 1.82) is 0 Å². The van der Waals surface area contributed by atoms with Gasteiger partial charge in [-0.25, -0.2) is 8.78 Å². The predicted octanol–water partition coefficient (Wildman–Crippen LogP) is 1.32. The molecule has 1 atom stereocenters. The molecule has 128 valence electrons. The van der Waals surface area contributed by atoms with Crippen LogP contribution in [0.15, 0.2) is 30.5 Å². The molecule has 1 aliphatic rings. The predicted molar refractivity (Wildman–Crippen MR) is 86.0 cm³/mol. The van der Waals surface area contributed by atoms with Crippen molar-refractivity contribution in [2.45, 2.75) is 24.9 Å². The maximum Gasteiger partial charge on any atom is 0.262 e. The molecule has 1 aromatic carbocycles. The monoisotopic (exact) mass is 336 g/mol. The zero-order valence-electron chi connectivity index (χ0n) is 13.1. The third-order valence-electron chi connectivity index (χ3n) is 4.06. The summed E-state index contributed by atoms with van der Waals surface area (Å²) in [4.78, 5) is 23.6. The van der Waals surface area contributed by atoms with E-state index < -0.39 is 30.8 Å². The van der Waals surface area contributed by atoms with Crippen LogP contribution in [0.25, 0.3) is 10.9 Å². The summed E-state index contributed by atoms with van der Waals surface area (Å²) < 4.78 is 28.1. The van der Waals surface area contributed by atoms with Crippen LogP contribution < -0.4 is 16.0 Å². The number of hydrogen-bond donors (Lipinski definition) is 3. The molecule has 1 unspecified atom stereocenters. The first kappa shape index (κ1) is 16.4. The van der Waals surface area contributed by atoms with Crippen LogP contribution in [0.3, 0.4) is 0 Å². The van der Waals surface area contributed by atoms with Gasteiger partial charge in [-0.3, -0.25) is 14.9 Å². The van der Waals surface area contributed by atoms with Crippen molar-refractivity contribution in [3.63, 3.8) is 0 Å². The number of anilines is 1. The summed E-state index contributed by atoms with van der Waals surface area (Å²) in [6.07, 6.45) is 1.28. The third-order valence-corrected chi connectivity index (χ3v) is 4.06. The normalized spacial score (nSPS) is 19.4. The number of carbonyl (C=O) groups is 2. The molecule has 3 rings (SSSR count). The van der Waals surface area contributed by atoms with Gasteiger partial charge in [-0.05, 0) is 23.6 Å². The second-order valence-electron chi connectivity index (χ2n) is 5.87. The van der Waals surface area contributed by atoms with Gasteiger partial charge in [0.2, 0.25) is 11.8 Å². The number of hydrogen-bond acceptors (Lipinski definition) is 3. The van der Waals surface area contributed by atoms with Crippen molar-refractivity contribution < 1.29 is 18.4 Å². The smallest absolute Gasteiger partial charge is 0.262 e. The van der Waals surface area contributed by atoms with E-state index in [0.29, 0.717) is 5.69 Å². The van der Waals surface area contributed by atoms with E-state index in [1.165, 1.54) is 0 Å². The van der Waals surface area contributed by atoms with Crippen molar-refractivity contribution in [1.82, 2.24) is 15.2 Å². The number of alkyl halides is 2. The summed E-state index contributed by atoms with van der Waals surface area (Å²) >= 11 is 0. The molecule has 0 spiro atoms. The lowest BCUT2D eigenvalue weighted by molar-refractivity contribution is -0.121. The minimum atomic E-state index is -2.85. The highest BCUT2D eigenvalue weighted by atomic mass is 19.3. The average molecular weight is 336 g/mol. The average Bonchev–Trinajstić information content (AvgIpc) is 3.10. The van der Waals surface area contributed by atoms with E-state index in [1.807, 2.05) is 12.1 Å². The van der Waals surface area contributed by atoms with Crippen molar-refractivity contribution in [2.75, 3.05) is 18.9 Å². The number of carbonyl (C=O) groups excluding carboxylic acids is 2. The van der Waals surface area contributed by atoms with Crippen molar-refractivity contribution in [2.24, 2.45) is 0 Å². The Labute approximate surface area is 137 Å². The van der Waals surface area contributed by atoms with Gasteiger partial charge >= 0.3 is 0 Å². The number of rotatable bonds is 4. The highest BCUT2D eigenvalue weighted by Crippen LogP contribution is 2.26. The molecule has 6 nitrogen and oxygen atoms in total. The van der Waals surface area contributed by atoms with E-state index in [2.05, 4.69) is 16.0 Å². The molecular weight excluding hydrogens is 318 g/mol. The summed E-state index contributed by atoms with van der Waals surface area (Å²) in [5, 5.41) is 8.64. The molecule has 1 aromatic heterocycles. The summed E-state index contributed by atoms with van der Waals surface area (Å²) in [7, 11) is 1.56. The van der Waals surface area contributed by atoms with E-state index in [9.17, 15) is 18.4 Å². The van der Waals surface area contributed by atoms with Gasteiger partial charge in [0.1, 0.15) is 6.54 Å². The number of likely N-dealkylation sites (N-methyl/N-ethyl adjacent to an activating group) is 1. The molecule has 0 radical (unpaired) electrons. The largest absolute Gasteiger partial charge is 0.358 e. The Morgan fingerprint density at radius 2 is 2.17 bits per heavy atom. The lowest BCUT2D eigenvalue weighted by Gasteiger charge is -2.12. The first-order valence-electron chi connectivity index (χ1n) is 7.59. The molecule has 0 saturated carbocycles. The molecule has 0 aliphatic carbocycles. The van der Waals surface area contributed by atoms with E-state index >= 15 is 0 Å². The van der Waals surface area contributed by atoms with E-state index in [1.54, 1.807) is 29.9 Å². The summed E-state index contributed by atoms with van der Waals surface area (Å²) in [6, 6.07) is 6.19. The maximum atomic E-state index is 13.2. The van der Waals surface area contributed by atoms with E-state index in [4.69, 9.17) is 0 Å². The Kier molecular flexibility index (Phi) is 4.23. The molecule has 2 aromatic rings. The Hall–Kier alpha value is -2.48. The highest BCUT2D eigenvalue weighted by Gasteiger charge is 2.42. The number of nitrogens with one attached hydrogen (secondary N) is 3. The fraction of sp³-hybridized carbons (Fsp3) is 0.375. The quantitative estimate of drug-likeness (QED) is 0.788. The second kappa shape index (κ2) is 6.20. The van der Waals surface area contributed by atoms with Gasteiger partial charge < -0.3 is 15.2 Å². The lowest BCUT2D eigenvalue weighted by atomic mass is 10.1. The van der Waals surface area contributed by atoms with E-state index in [-0.39, 0.29) is 12.5 Å². The molecule has 24 heavy (non-hydrogen) atoms. The van der Waals surface area contributed by atoms with Crippen LogP contribution in [0.4, 0.5) is 14.5 Å². The SMILES string of the molecule is CNC(=O)Cn1ccc2ccc(NC(=O)C3CC(F)(F)CN3)cc21. The van der Waals surface area contributed by atoms with Gasteiger partial charge in [0.25, 0.3) is 5.92 Å². The zero-order valence-corrected chi connectivity index (χ0v) is 13.1. The minimum Gasteiger partial charge on any atom is -0.358 e. The van der Waals surface area contributed by atoms with Gasteiger partial charge in [0.05, 0.1) is 18.1 Å². The van der Waals surface area contributed by atoms with Crippen molar-refractivity contribution in [3.05, 3.63) is 30.5 Å². The Morgan fingerprint density at radius 3 is 2.83 bits per heavy atom. The van der Waals surface area contributed by atoms with Gasteiger partial charge in [0, 0.05) is 25.4 Å². The number of amides is 2. The molecule has 0 bridgehead atoms. The molecule has 1 saturated heterocycles. The highest BCUT2D eigenvalue weighted by molar-refractivity contribution is 5.97. The van der Waals surface area contributed by atoms with Gasteiger partial charge in [-0.1, -0.05) is 6.07 Å². The Bertz CT molecular complexity index is 787. The number of fused-ring (bicyclic) bond motifs is 1. The zero-order chi connectivity index (χ0) is 17.3. The van der Waals surface area contributed by atoms with Crippen LogP contribution in [0, 0.1) is 0 Å². The molecule has 8 heteroatoms. The van der Waals surface area contributed by atoms with Crippen LogP contribution in [0.1, 0.15) is 6.42 Å². The molecule has 3 N–H and O–H groups in total. The fourth-order valence-corrected chi connectivity index (χ4v) is 2.76. The third kappa shape index (κ3) is 3.38. The van der Waals surface area contributed by atoms with Crippen molar-refractivity contribution >= 4 is 28.4 Å². The molecule has 2 heterocycles. The molecule has 1 aliphatic heterocycles. The Balaban J connectivity index is 1.76. The maximum absolute atomic E-state index is 13.2. The molecule has 2 amide bonds. The van der Waals surface area contributed by atoms with Gasteiger partial charge in [0.15, 0.2) is 0 Å². The van der Waals surface area contributed by atoms with Crippen LogP contribution in [0.2, 0.25) is 0 Å². The lowest BCUT2D eigenvalue weighted by Crippen LogP contribution is -2.35. The first-order valence-corrected chi connectivity index (χ1v) is 7.59. The van der Waals surface area contributed by atoms with Crippen LogP contribution in [0.5, 0.6) is 0 Å². The number of benzene rings is 1. The standard InChI is InChI=1S/C16H18F2N4O2/c1-19-14(23)8-22-5-4-10-2-3-11(6-13(10)22)21-15(24)12-7-16(17,18)9-20-12/h2-6,12,20H,7-9H2,1H3,(H,19,23)(H,21,24). The Morgan fingerprint density at radius 1 is 1.38 bits per heavy atom. The minimum absolute atomic E-state index is 0.140. The van der Waals surface area contributed by atoms with Gasteiger partial charge in [-0.2, -0.15) is 0 Å². The molecular formula is C16H18F2N4O2. The van der Waals surface area contributed by atoms with Crippen molar-refractivity contribution in [3.8, 4) is 0 Å². The number of aromatic nitrogens is 1. The van der Waals surface area contributed by atoms with E-state index in [0.717, 1.165) is 10.9 Å². The summed E-state index contributed by atoms with van der Waals surface area (Å²) in [6.45, 7) is -0.326. The summed E-state index contributed by atoms with van der Waals surface area (Å²) in [5.41, 5.74) is 1.28. The van der Waals surface area contributed by atoms with Crippen LogP contribution >= 0.6 is 0 Å². The second-order valence-corrected chi connectivity index (χ2v) is 5.87. The summed E-state index contributed by atoms with van der Waals surface area (Å²) in [5.74, 6) is -3.48. The molecule has 1 fully saturated rings. The van der Waals surface area contributed by atoms with Crippen LogP contribution in [-0.4, -0.2) is 41.9 Å². The number of halogens is 2. The van der Waals surface area contributed by atoms with Crippen LogP contribution in [-0.2, 0) is 16.1 Å². The fourth-order valence-electron chi connectivity index (χ4n) is 2.76. The first-order chi connectivity index (χ1) is 11.4. The topological polar surface area (TPSA) is 75.2 Å². The number of nitrogens with zero attached hydrogens (tertiary/aromatic N) is 1.